The number of fused-ring (bicyclic) bond motifs is 2. The molecule has 1 saturated heterocycles. The van der Waals surface area contributed by atoms with Crippen molar-refractivity contribution in [3.8, 4) is 0 Å². The number of likely N-dealkylation sites (tertiary alicyclic amines) is 1. The van der Waals surface area contributed by atoms with E-state index in [1.54, 1.807) is 11.0 Å². The van der Waals surface area contributed by atoms with Crippen LogP contribution in [0.5, 0.6) is 0 Å². The SMILES string of the molecule is CN1C(=O)C2(CCN(C[C@H]3C[C@@H](NC(=O)c4cc(C5CC5)no4)C3)CC2)c2cc(Cl)ccc21. The van der Waals surface area contributed by atoms with Gasteiger partial charge >= 0.3 is 0 Å². The predicted octanol–water partition coefficient (Wildman–Crippen LogP) is 3.72. The number of hydrogen-bond donors (Lipinski definition) is 1. The third kappa shape index (κ3) is 3.66. The zero-order valence-corrected chi connectivity index (χ0v) is 19.6. The van der Waals surface area contributed by atoms with Crippen molar-refractivity contribution >= 4 is 29.1 Å². The minimum atomic E-state index is -0.433. The van der Waals surface area contributed by atoms with E-state index in [2.05, 4.69) is 15.4 Å². The second kappa shape index (κ2) is 7.84. The number of nitrogens with zero attached hydrogens (tertiary/aromatic N) is 3. The number of nitrogens with one attached hydrogen (secondary N) is 1. The molecule has 1 aromatic heterocycles. The average molecular weight is 469 g/mol. The van der Waals surface area contributed by atoms with E-state index in [1.165, 1.54) is 0 Å². The number of carbonyl (C=O) groups is 2. The Morgan fingerprint density at radius 2 is 2.00 bits per heavy atom. The van der Waals surface area contributed by atoms with Gasteiger partial charge in [0.2, 0.25) is 11.7 Å². The quantitative estimate of drug-likeness (QED) is 0.723. The van der Waals surface area contributed by atoms with Gasteiger partial charge in [-0.15, -0.1) is 0 Å². The standard InChI is InChI=1S/C25H29ClN4O3/c1-29-21-5-4-17(26)12-19(21)25(24(29)32)6-8-30(9-7-25)14-15-10-18(11-15)27-23(31)22-13-20(28-33-22)16-2-3-16/h4-5,12-13,15-16,18H,2-3,6-11,14H2,1H3,(H,27,31)/t15-,18+. The van der Waals surface area contributed by atoms with Crippen LogP contribution < -0.4 is 10.2 Å². The highest BCUT2D eigenvalue weighted by molar-refractivity contribution is 6.31. The number of amides is 2. The zero-order valence-electron chi connectivity index (χ0n) is 18.8. The fourth-order valence-electron chi connectivity index (χ4n) is 5.92. The Balaban J connectivity index is 1.00. The smallest absolute Gasteiger partial charge is 0.290 e. The van der Waals surface area contributed by atoms with Gasteiger partial charge in [-0.25, -0.2) is 0 Å². The Morgan fingerprint density at radius 1 is 1.24 bits per heavy atom. The van der Waals surface area contributed by atoms with Crippen LogP contribution in [0.1, 0.15) is 66.3 Å². The molecule has 8 heteroatoms. The molecule has 0 atom stereocenters. The molecule has 6 rings (SSSR count). The number of piperidine rings is 1. The van der Waals surface area contributed by atoms with E-state index < -0.39 is 5.41 Å². The molecule has 1 spiro atoms. The van der Waals surface area contributed by atoms with E-state index in [4.69, 9.17) is 16.1 Å². The second-order valence-electron chi connectivity index (χ2n) is 10.3. The topological polar surface area (TPSA) is 78.7 Å². The molecule has 0 unspecified atom stereocenters. The van der Waals surface area contributed by atoms with Crippen molar-refractivity contribution in [3.63, 3.8) is 0 Å². The molecule has 33 heavy (non-hydrogen) atoms. The molecule has 4 aliphatic rings. The van der Waals surface area contributed by atoms with E-state index in [9.17, 15) is 9.59 Å². The number of halogens is 1. The molecule has 2 amide bonds. The van der Waals surface area contributed by atoms with Crippen molar-refractivity contribution < 1.29 is 14.1 Å². The highest BCUT2D eigenvalue weighted by Gasteiger charge is 2.51. The lowest BCUT2D eigenvalue weighted by Gasteiger charge is -2.43. The second-order valence-corrected chi connectivity index (χ2v) is 10.7. The molecule has 1 N–H and O–H groups in total. The molecule has 174 valence electrons. The van der Waals surface area contributed by atoms with Crippen LogP contribution in [0.2, 0.25) is 5.02 Å². The van der Waals surface area contributed by atoms with Crippen molar-refractivity contribution in [1.29, 1.82) is 0 Å². The van der Waals surface area contributed by atoms with Crippen LogP contribution in [-0.2, 0) is 10.2 Å². The molecule has 0 radical (unpaired) electrons. The molecule has 7 nitrogen and oxygen atoms in total. The van der Waals surface area contributed by atoms with Gasteiger partial charge in [0.05, 0.1) is 11.1 Å². The van der Waals surface area contributed by atoms with E-state index in [-0.39, 0.29) is 17.9 Å². The summed E-state index contributed by atoms with van der Waals surface area (Å²) in [6, 6.07) is 7.80. The summed E-state index contributed by atoms with van der Waals surface area (Å²) in [6.07, 6.45) is 5.89. The summed E-state index contributed by atoms with van der Waals surface area (Å²) in [7, 11) is 1.87. The van der Waals surface area contributed by atoms with Gasteiger partial charge in [0.1, 0.15) is 0 Å². The number of hydrogen-bond acceptors (Lipinski definition) is 5. The molecule has 2 saturated carbocycles. The van der Waals surface area contributed by atoms with Gasteiger partial charge in [-0.1, -0.05) is 16.8 Å². The van der Waals surface area contributed by atoms with Crippen LogP contribution in [-0.4, -0.2) is 54.6 Å². The van der Waals surface area contributed by atoms with Crippen molar-refractivity contribution in [2.75, 3.05) is 31.6 Å². The van der Waals surface area contributed by atoms with Gasteiger partial charge < -0.3 is 19.6 Å². The van der Waals surface area contributed by atoms with E-state index in [1.807, 2.05) is 25.2 Å². The molecule has 3 fully saturated rings. The highest BCUT2D eigenvalue weighted by atomic mass is 35.5. The molecule has 1 aromatic carbocycles. The molecular weight excluding hydrogens is 440 g/mol. The van der Waals surface area contributed by atoms with Gasteiger partial charge in [0.25, 0.3) is 5.91 Å². The molecule has 0 bridgehead atoms. The number of likely N-dealkylation sites (N-methyl/N-ethyl adjacent to an activating group) is 1. The maximum absolute atomic E-state index is 13.2. The summed E-state index contributed by atoms with van der Waals surface area (Å²) in [5, 5.41) is 7.80. The van der Waals surface area contributed by atoms with Gasteiger partial charge in [-0.2, -0.15) is 0 Å². The molecule has 2 aromatic rings. The van der Waals surface area contributed by atoms with Crippen molar-refractivity contribution in [1.82, 2.24) is 15.4 Å². The van der Waals surface area contributed by atoms with E-state index in [0.29, 0.717) is 22.6 Å². The fraction of sp³-hybridized carbons (Fsp3) is 0.560. The lowest BCUT2D eigenvalue weighted by Crippen LogP contribution is -2.52. The third-order valence-corrected chi connectivity index (χ3v) is 8.33. The van der Waals surface area contributed by atoms with Crippen LogP contribution in [0.25, 0.3) is 0 Å². The van der Waals surface area contributed by atoms with E-state index in [0.717, 1.165) is 75.1 Å². The minimum absolute atomic E-state index is 0.154. The largest absolute Gasteiger partial charge is 0.351 e. The molecule has 2 aliphatic carbocycles. The first-order valence-corrected chi connectivity index (χ1v) is 12.4. The molecular formula is C25H29ClN4O3. The Kier molecular flexibility index (Phi) is 5.03. The first-order valence-electron chi connectivity index (χ1n) is 12.0. The monoisotopic (exact) mass is 468 g/mol. The molecule has 2 aliphatic heterocycles. The van der Waals surface area contributed by atoms with Crippen LogP contribution >= 0.6 is 11.6 Å². The van der Waals surface area contributed by atoms with Crippen LogP contribution in [0.4, 0.5) is 5.69 Å². The fourth-order valence-corrected chi connectivity index (χ4v) is 6.09. The van der Waals surface area contributed by atoms with Crippen molar-refractivity contribution in [2.45, 2.75) is 55.9 Å². The van der Waals surface area contributed by atoms with Crippen molar-refractivity contribution in [3.05, 3.63) is 46.3 Å². The number of carbonyl (C=O) groups excluding carboxylic acids is 2. The Bertz CT molecular complexity index is 1100. The number of anilines is 1. The Hall–Kier alpha value is -2.38. The highest BCUT2D eigenvalue weighted by Crippen LogP contribution is 2.48. The summed E-state index contributed by atoms with van der Waals surface area (Å²) >= 11 is 6.27. The third-order valence-electron chi connectivity index (χ3n) is 8.09. The number of rotatable bonds is 5. The predicted molar refractivity (Wildman–Crippen MR) is 125 cm³/mol. The lowest BCUT2D eigenvalue weighted by atomic mass is 9.73. The van der Waals surface area contributed by atoms with E-state index >= 15 is 0 Å². The van der Waals surface area contributed by atoms with Crippen molar-refractivity contribution in [2.24, 2.45) is 5.92 Å². The summed E-state index contributed by atoms with van der Waals surface area (Å²) in [6.45, 7) is 2.82. The zero-order chi connectivity index (χ0) is 22.7. The first-order chi connectivity index (χ1) is 15.9. The maximum atomic E-state index is 13.2. The van der Waals surface area contributed by atoms with Crippen LogP contribution in [0, 0.1) is 5.92 Å². The maximum Gasteiger partial charge on any atom is 0.290 e. The lowest BCUT2D eigenvalue weighted by molar-refractivity contribution is -0.124. The number of aromatic nitrogens is 1. The Labute approximate surface area is 198 Å². The van der Waals surface area contributed by atoms with Crippen LogP contribution in [0.15, 0.2) is 28.8 Å². The summed E-state index contributed by atoms with van der Waals surface area (Å²) in [4.78, 5) is 29.9. The molecule has 3 heterocycles. The van der Waals surface area contributed by atoms with Crippen LogP contribution in [0.3, 0.4) is 0 Å². The minimum Gasteiger partial charge on any atom is -0.351 e. The normalized spacial score (nSPS) is 26.4. The number of benzene rings is 1. The first kappa shape index (κ1) is 21.2. The summed E-state index contributed by atoms with van der Waals surface area (Å²) < 4.78 is 5.23. The summed E-state index contributed by atoms with van der Waals surface area (Å²) in [5.74, 6) is 1.43. The Morgan fingerprint density at radius 3 is 2.73 bits per heavy atom. The van der Waals surface area contributed by atoms with Gasteiger partial charge in [0.15, 0.2) is 0 Å². The average Bonchev–Trinajstić information content (AvgIpc) is 3.49. The van der Waals surface area contributed by atoms with Gasteiger partial charge in [-0.05, 0) is 81.3 Å². The van der Waals surface area contributed by atoms with Gasteiger partial charge in [-0.3, -0.25) is 9.59 Å². The summed E-state index contributed by atoms with van der Waals surface area (Å²) in [5.41, 5.74) is 2.56. The van der Waals surface area contributed by atoms with Gasteiger partial charge in [0, 0.05) is 42.3 Å².